The normalized spacial score (nSPS) is 15.3. The first-order chi connectivity index (χ1) is 13.0. The van der Waals surface area contributed by atoms with Gasteiger partial charge in [0, 0.05) is 33.1 Å². The maximum absolute atomic E-state index is 12.8. The Labute approximate surface area is 164 Å². The van der Waals surface area contributed by atoms with Gasteiger partial charge in [0.25, 0.3) is 0 Å². The maximum atomic E-state index is 12.8. The molecule has 1 unspecified atom stereocenters. The molecular weight excluding hydrogens is 362 g/mol. The molecule has 0 radical (unpaired) electrons. The van der Waals surface area contributed by atoms with Crippen molar-refractivity contribution >= 4 is 29.1 Å². The number of piperazine rings is 1. The second-order valence-corrected chi connectivity index (χ2v) is 7.09. The molecule has 1 aliphatic heterocycles. The summed E-state index contributed by atoms with van der Waals surface area (Å²) >= 11 is 6.28. The molecule has 2 amide bonds. The van der Waals surface area contributed by atoms with Crippen LogP contribution in [0.1, 0.15) is 24.9 Å². The molecule has 3 rings (SSSR count). The van der Waals surface area contributed by atoms with Gasteiger partial charge in [0.2, 0.25) is 11.8 Å². The number of benzene rings is 2. The Bertz CT molecular complexity index is 789. The van der Waals surface area contributed by atoms with Crippen LogP contribution in [0.3, 0.4) is 0 Å². The number of hydrogen-bond donors (Lipinski definition) is 1. The number of anilines is 1. The number of carbonyl (C=O) groups is 2. The molecule has 1 aliphatic rings. The molecule has 5 nitrogen and oxygen atoms in total. The highest BCUT2D eigenvalue weighted by atomic mass is 35.5. The molecule has 2 aromatic carbocycles. The molecule has 0 aromatic heterocycles. The standard InChI is InChI=1S/C21H24ClN3O2/c1-16(26)23-19(17-7-3-2-4-8-17)15-21(27)25-13-11-24(12-14-25)20-10-6-5-9-18(20)22/h2-10,19H,11-15H2,1H3,(H,23,26). The van der Waals surface area contributed by atoms with E-state index in [0.29, 0.717) is 13.1 Å². The van der Waals surface area contributed by atoms with E-state index in [1.54, 1.807) is 0 Å². The molecule has 2 aromatic rings. The fourth-order valence-electron chi connectivity index (χ4n) is 3.39. The van der Waals surface area contributed by atoms with Crippen LogP contribution in [0.15, 0.2) is 54.6 Å². The zero-order valence-corrected chi connectivity index (χ0v) is 16.2. The fourth-order valence-corrected chi connectivity index (χ4v) is 3.65. The minimum absolute atomic E-state index is 0.0522. The summed E-state index contributed by atoms with van der Waals surface area (Å²) in [7, 11) is 0. The number of hydrogen-bond acceptors (Lipinski definition) is 3. The van der Waals surface area contributed by atoms with Gasteiger partial charge in [-0.15, -0.1) is 0 Å². The van der Waals surface area contributed by atoms with E-state index in [1.807, 2.05) is 59.5 Å². The van der Waals surface area contributed by atoms with Crippen molar-refractivity contribution < 1.29 is 9.59 Å². The average molecular weight is 386 g/mol. The first-order valence-electron chi connectivity index (χ1n) is 9.14. The van der Waals surface area contributed by atoms with Crippen LogP contribution in [0.4, 0.5) is 5.69 Å². The molecule has 0 bridgehead atoms. The van der Waals surface area contributed by atoms with Crippen molar-refractivity contribution in [3.05, 3.63) is 65.2 Å². The molecule has 1 saturated heterocycles. The van der Waals surface area contributed by atoms with Crippen LogP contribution in [-0.4, -0.2) is 42.9 Å². The largest absolute Gasteiger partial charge is 0.367 e. The lowest BCUT2D eigenvalue weighted by Gasteiger charge is -2.37. The van der Waals surface area contributed by atoms with Crippen LogP contribution in [-0.2, 0) is 9.59 Å². The zero-order valence-electron chi connectivity index (χ0n) is 15.4. The van der Waals surface area contributed by atoms with E-state index in [4.69, 9.17) is 11.6 Å². The lowest BCUT2D eigenvalue weighted by atomic mass is 10.0. The highest BCUT2D eigenvalue weighted by molar-refractivity contribution is 6.33. The maximum Gasteiger partial charge on any atom is 0.225 e. The topological polar surface area (TPSA) is 52.7 Å². The summed E-state index contributed by atoms with van der Waals surface area (Å²) in [6.45, 7) is 4.25. The molecule has 1 atom stereocenters. The average Bonchev–Trinajstić information content (AvgIpc) is 2.68. The van der Waals surface area contributed by atoms with Crippen molar-refractivity contribution in [1.29, 1.82) is 0 Å². The minimum atomic E-state index is -0.308. The molecular formula is C21H24ClN3O2. The lowest BCUT2D eigenvalue weighted by molar-refractivity contribution is -0.132. The van der Waals surface area contributed by atoms with Crippen molar-refractivity contribution in [2.45, 2.75) is 19.4 Å². The summed E-state index contributed by atoms with van der Waals surface area (Å²) in [5.74, 6) is -0.0865. The first kappa shape index (κ1) is 19.2. The van der Waals surface area contributed by atoms with Gasteiger partial charge in [0.15, 0.2) is 0 Å². The van der Waals surface area contributed by atoms with Crippen LogP contribution < -0.4 is 10.2 Å². The Hall–Kier alpha value is -2.53. The van der Waals surface area contributed by atoms with Gasteiger partial charge in [-0.2, -0.15) is 0 Å². The van der Waals surface area contributed by atoms with E-state index in [-0.39, 0.29) is 24.3 Å². The molecule has 1 heterocycles. The molecule has 0 saturated carbocycles. The van der Waals surface area contributed by atoms with Gasteiger partial charge >= 0.3 is 0 Å². The number of rotatable bonds is 5. The number of carbonyl (C=O) groups excluding carboxylic acids is 2. The third kappa shape index (κ3) is 5.01. The van der Waals surface area contributed by atoms with Crippen molar-refractivity contribution in [2.75, 3.05) is 31.1 Å². The Morgan fingerprint density at radius 1 is 1.00 bits per heavy atom. The van der Waals surface area contributed by atoms with Gasteiger partial charge in [-0.3, -0.25) is 9.59 Å². The predicted molar refractivity (Wildman–Crippen MR) is 108 cm³/mol. The molecule has 27 heavy (non-hydrogen) atoms. The molecule has 142 valence electrons. The van der Waals surface area contributed by atoms with Crippen LogP contribution >= 0.6 is 11.6 Å². The third-order valence-corrected chi connectivity index (χ3v) is 5.10. The van der Waals surface area contributed by atoms with Gasteiger partial charge in [-0.25, -0.2) is 0 Å². The fraction of sp³-hybridized carbons (Fsp3) is 0.333. The van der Waals surface area contributed by atoms with Gasteiger partial charge in [-0.1, -0.05) is 54.1 Å². The first-order valence-corrected chi connectivity index (χ1v) is 9.51. The Balaban J connectivity index is 1.61. The smallest absolute Gasteiger partial charge is 0.225 e. The lowest BCUT2D eigenvalue weighted by Crippen LogP contribution is -2.49. The summed E-state index contributed by atoms with van der Waals surface area (Å²) in [5.41, 5.74) is 1.95. The quantitative estimate of drug-likeness (QED) is 0.859. The van der Waals surface area contributed by atoms with Crippen LogP contribution in [0.25, 0.3) is 0 Å². The van der Waals surface area contributed by atoms with Crippen molar-refractivity contribution in [2.24, 2.45) is 0 Å². The number of nitrogens with one attached hydrogen (secondary N) is 1. The van der Waals surface area contributed by atoms with E-state index < -0.39 is 0 Å². The predicted octanol–water partition coefficient (Wildman–Crippen LogP) is 3.26. The SMILES string of the molecule is CC(=O)NC(CC(=O)N1CCN(c2ccccc2Cl)CC1)c1ccccc1. The third-order valence-electron chi connectivity index (χ3n) is 4.78. The van der Waals surface area contributed by atoms with E-state index in [0.717, 1.165) is 29.4 Å². The van der Waals surface area contributed by atoms with Crippen LogP contribution in [0.5, 0.6) is 0 Å². The monoisotopic (exact) mass is 385 g/mol. The highest BCUT2D eigenvalue weighted by Gasteiger charge is 2.25. The molecule has 0 spiro atoms. The van der Waals surface area contributed by atoms with Crippen molar-refractivity contribution in [3.63, 3.8) is 0 Å². The number of para-hydroxylation sites is 1. The molecule has 1 fully saturated rings. The Morgan fingerprint density at radius 3 is 2.26 bits per heavy atom. The second-order valence-electron chi connectivity index (χ2n) is 6.69. The number of nitrogens with zero attached hydrogens (tertiary/aromatic N) is 2. The van der Waals surface area contributed by atoms with E-state index in [9.17, 15) is 9.59 Å². The van der Waals surface area contributed by atoms with Gasteiger partial charge in [-0.05, 0) is 17.7 Å². The van der Waals surface area contributed by atoms with Crippen LogP contribution in [0, 0.1) is 0 Å². The van der Waals surface area contributed by atoms with Gasteiger partial charge in [0.05, 0.1) is 23.2 Å². The van der Waals surface area contributed by atoms with E-state index in [1.165, 1.54) is 6.92 Å². The summed E-state index contributed by atoms with van der Waals surface area (Å²) in [6.07, 6.45) is 0.260. The number of amides is 2. The van der Waals surface area contributed by atoms with Gasteiger partial charge < -0.3 is 15.1 Å². The second kappa shape index (κ2) is 8.91. The van der Waals surface area contributed by atoms with Crippen molar-refractivity contribution in [1.82, 2.24) is 10.2 Å². The highest BCUT2D eigenvalue weighted by Crippen LogP contribution is 2.26. The molecule has 6 heteroatoms. The van der Waals surface area contributed by atoms with E-state index in [2.05, 4.69) is 10.2 Å². The summed E-state index contributed by atoms with van der Waals surface area (Å²) in [6, 6.07) is 17.1. The van der Waals surface area contributed by atoms with E-state index >= 15 is 0 Å². The Morgan fingerprint density at radius 2 is 1.63 bits per heavy atom. The summed E-state index contributed by atoms with van der Waals surface area (Å²) in [5, 5.41) is 3.62. The Kier molecular flexibility index (Phi) is 6.35. The zero-order chi connectivity index (χ0) is 19.2. The van der Waals surface area contributed by atoms with Gasteiger partial charge in [0.1, 0.15) is 0 Å². The van der Waals surface area contributed by atoms with Crippen molar-refractivity contribution in [3.8, 4) is 0 Å². The molecule has 1 N–H and O–H groups in total. The van der Waals surface area contributed by atoms with Crippen LogP contribution in [0.2, 0.25) is 5.02 Å². The molecule has 0 aliphatic carbocycles. The minimum Gasteiger partial charge on any atom is -0.367 e. The summed E-state index contributed by atoms with van der Waals surface area (Å²) < 4.78 is 0. The summed E-state index contributed by atoms with van der Waals surface area (Å²) in [4.78, 5) is 28.4. The number of halogens is 1.